The summed E-state index contributed by atoms with van der Waals surface area (Å²) in [6.45, 7) is 2.64. The van der Waals surface area contributed by atoms with Gasteiger partial charge in [0.1, 0.15) is 5.82 Å². The number of nitrogens with one attached hydrogen (secondary N) is 1. The van der Waals surface area contributed by atoms with E-state index in [9.17, 15) is 4.39 Å². The molecular weight excluding hydrogens is 292 g/mol. The molecule has 90 valence electrons. The zero-order valence-corrected chi connectivity index (χ0v) is 11.6. The van der Waals surface area contributed by atoms with Crippen molar-refractivity contribution in [1.29, 1.82) is 0 Å². The van der Waals surface area contributed by atoms with Crippen molar-refractivity contribution in [3.8, 4) is 0 Å². The van der Waals surface area contributed by atoms with Gasteiger partial charge in [-0.25, -0.2) is 4.39 Å². The van der Waals surface area contributed by atoms with Crippen molar-refractivity contribution in [2.45, 2.75) is 32.4 Å². The van der Waals surface area contributed by atoms with E-state index in [0.717, 1.165) is 17.3 Å². The van der Waals surface area contributed by atoms with E-state index < -0.39 is 0 Å². The Balaban J connectivity index is 2.55. The second kappa shape index (κ2) is 7.25. The maximum atomic E-state index is 13.4. The molecule has 1 N–H and O–H groups in total. The lowest BCUT2D eigenvalue weighted by Gasteiger charge is -2.15. The molecule has 0 saturated heterocycles. The lowest BCUT2D eigenvalue weighted by atomic mass is 10.1. The highest BCUT2D eigenvalue weighted by Gasteiger charge is 2.07. The van der Waals surface area contributed by atoms with Crippen molar-refractivity contribution in [3.63, 3.8) is 0 Å². The second-order valence-corrected chi connectivity index (χ2v) is 4.99. The van der Waals surface area contributed by atoms with Crippen LogP contribution in [0, 0.1) is 5.82 Å². The number of hydrogen-bond acceptors (Lipinski definition) is 1. The van der Waals surface area contributed by atoms with Crippen LogP contribution >= 0.6 is 27.5 Å². The fourth-order valence-electron chi connectivity index (χ4n) is 1.52. The first kappa shape index (κ1) is 13.9. The van der Waals surface area contributed by atoms with E-state index in [1.165, 1.54) is 6.07 Å². The summed E-state index contributed by atoms with van der Waals surface area (Å²) < 4.78 is 14.3. The summed E-state index contributed by atoms with van der Waals surface area (Å²) in [6, 6.07) is 5.34. The minimum atomic E-state index is -0.170. The molecule has 0 amide bonds. The Morgan fingerprint density at radius 1 is 1.50 bits per heavy atom. The van der Waals surface area contributed by atoms with Gasteiger partial charge in [0.25, 0.3) is 0 Å². The molecule has 0 saturated carbocycles. The predicted octanol–water partition coefficient (Wildman–Crippen LogP) is 4.09. The molecule has 0 fully saturated rings. The Kier molecular flexibility index (Phi) is 6.32. The van der Waals surface area contributed by atoms with Crippen LogP contribution in [0.25, 0.3) is 0 Å². The van der Waals surface area contributed by atoms with Crippen molar-refractivity contribution >= 4 is 27.5 Å². The van der Waals surface area contributed by atoms with E-state index in [-0.39, 0.29) is 5.82 Å². The first-order valence-corrected chi connectivity index (χ1v) is 6.73. The molecule has 16 heavy (non-hydrogen) atoms. The van der Waals surface area contributed by atoms with Crippen LogP contribution in [0.4, 0.5) is 4.39 Å². The van der Waals surface area contributed by atoms with E-state index in [1.54, 1.807) is 12.1 Å². The van der Waals surface area contributed by atoms with E-state index in [4.69, 9.17) is 11.6 Å². The normalized spacial score (nSPS) is 12.8. The van der Waals surface area contributed by atoms with Crippen LogP contribution in [-0.2, 0) is 6.54 Å². The molecule has 0 aromatic heterocycles. The summed E-state index contributed by atoms with van der Waals surface area (Å²) in [4.78, 5) is 0. The molecule has 0 radical (unpaired) electrons. The summed E-state index contributed by atoms with van der Waals surface area (Å²) in [5, 5.41) is 3.31. The minimum absolute atomic E-state index is 0.170. The monoisotopic (exact) mass is 307 g/mol. The Bertz CT molecular complexity index is 333. The topological polar surface area (TPSA) is 12.0 Å². The lowest BCUT2D eigenvalue weighted by molar-refractivity contribution is 0.476. The highest BCUT2D eigenvalue weighted by Crippen LogP contribution is 2.15. The SMILES string of the molecule is CCC(CCCl)NCc1cc(Br)ccc1F. The Morgan fingerprint density at radius 3 is 2.88 bits per heavy atom. The third kappa shape index (κ3) is 4.40. The first-order valence-electron chi connectivity index (χ1n) is 5.40. The molecule has 0 aliphatic heterocycles. The van der Waals surface area contributed by atoms with Gasteiger partial charge in [-0.15, -0.1) is 11.6 Å². The summed E-state index contributed by atoms with van der Waals surface area (Å²) in [7, 11) is 0. The van der Waals surface area contributed by atoms with Gasteiger partial charge in [-0.1, -0.05) is 22.9 Å². The van der Waals surface area contributed by atoms with Gasteiger partial charge in [-0.05, 0) is 31.0 Å². The van der Waals surface area contributed by atoms with Crippen LogP contribution in [0.2, 0.25) is 0 Å². The Hall–Kier alpha value is -0.120. The highest BCUT2D eigenvalue weighted by molar-refractivity contribution is 9.10. The number of benzene rings is 1. The van der Waals surface area contributed by atoms with E-state index >= 15 is 0 Å². The van der Waals surface area contributed by atoms with Crippen molar-refractivity contribution in [1.82, 2.24) is 5.32 Å². The smallest absolute Gasteiger partial charge is 0.127 e. The molecule has 1 aromatic carbocycles. The number of halogens is 3. The number of hydrogen-bond donors (Lipinski definition) is 1. The quantitative estimate of drug-likeness (QED) is 0.781. The van der Waals surface area contributed by atoms with E-state index in [1.807, 2.05) is 0 Å². The van der Waals surface area contributed by atoms with Gasteiger partial charge in [0.15, 0.2) is 0 Å². The van der Waals surface area contributed by atoms with Crippen LogP contribution in [0.15, 0.2) is 22.7 Å². The molecular formula is C12H16BrClFN. The molecule has 0 bridgehead atoms. The summed E-state index contributed by atoms with van der Waals surface area (Å²) in [5.74, 6) is 0.461. The fraction of sp³-hybridized carbons (Fsp3) is 0.500. The average Bonchev–Trinajstić information content (AvgIpc) is 2.28. The molecule has 4 heteroatoms. The minimum Gasteiger partial charge on any atom is -0.310 e. The summed E-state index contributed by atoms with van der Waals surface area (Å²) in [6.07, 6.45) is 1.91. The van der Waals surface area contributed by atoms with Crippen LogP contribution < -0.4 is 5.32 Å². The van der Waals surface area contributed by atoms with Gasteiger partial charge in [-0.2, -0.15) is 0 Å². The molecule has 0 spiro atoms. The maximum absolute atomic E-state index is 13.4. The zero-order valence-electron chi connectivity index (χ0n) is 9.27. The van der Waals surface area contributed by atoms with Crippen LogP contribution in [0.5, 0.6) is 0 Å². The molecule has 1 atom stereocenters. The molecule has 1 nitrogen and oxygen atoms in total. The van der Waals surface area contributed by atoms with Gasteiger partial charge in [-0.3, -0.25) is 0 Å². The van der Waals surface area contributed by atoms with Crippen molar-refractivity contribution in [3.05, 3.63) is 34.1 Å². The standard InChI is InChI=1S/C12H16BrClFN/c1-2-11(5-6-14)16-8-9-7-10(13)3-4-12(9)15/h3-4,7,11,16H,2,5-6,8H2,1H3. The molecule has 0 heterocycles. The molecule has 1 rings (SSSR count). The van der Waals surface area contributed by atoms with E-state index in [0.29, 0.717) is 24.0 Å². The lowest BCUT2D eigenvalue weighted by Crippen LogP contribution is -2.28. The van der Waals surface area contributed by atoms with Crippen molar-refractivity contribution < 1.29 is 4.39 Å². The molecule has 0 aliphatic rings. The molecule has 1 unspecified atom stereocenters. The summed E-state index contributed by atoms with van der Waals surface area (Å²) in [5.41, 5.74) is 0.683. The van der Waals surface area contributed by atoms with Crippen molar-refractivity contribution in [2.24, 2.45) is 0 Å². The third-order valence-corrected chi connectivity index (χ3v) is 3.25. The zero-order chi connectivity index (χ0) is 12.0. The van der Waals surface area contributed by atoms with Crippen molar-refractivity contribution in [2.75, 3.05) is 5.88 Å². The first-order chi connectivity index (χ1) is 7.67. The van der Waals surface area contributed by atoms with Gasteiger partial charge in [0, 0.05) is 28.5 Å². The summed E-state index contributed by atoms with van der Waals surface area (Å²) >= 11 is 9.03. The number of alkyl halides is 1. The van der Waals surface area contributed by atoms with E-state index in [2.05, 4.69) is 28.2 Å². The van der Waals surface area contributed by atoms with Gasteiger partial charge < -0.3 is 5.32 Å². The molecule has 0 aliphatic carbocycles. The number of rotatable bonds is 6. The molecule has 1 aromatic rings. The van der Waals surface area contributed by atoms with Crippen LogP contribution in [0.1, 0.15) is 25.3 Å². The maximum Gasteiger partial charge on any atom is 0.127 e. The van der Waals surface area contributed by atoms with Gasteiger partial charge in [0.05, 0.1) is 0 Å². The van der Waals surface area contributed by atoms with Gasteiger partial charge >= 0.3 is 0 Å². The van der Waals surface area contributed by atoms with Crippen LogP contribution in [0.3, 0.4) is 0 Å². The highest BCUT2D eigenvalue weighted by atomic mass is 79.9. The Labute approximate surface area is 110 Å². The second-order valence-electron chi connectivity index (χ2n) is 3.70. The Morgan fingerprint density at radius 2 is 2.25 bits per heavy atom. The van der Waals surface area contributed by atoms with Gasteiger partial charge in [0.2, 0.25) is 0 Å². The fourth-order valence-corrected chi connectivity index (χ4v) is 2.19. The third-order valence-electron chi connectivity index (χ3n) is 2.54. The van der Waals surface area contributed by atoms with Crippen LogP contribution in [-0.4, -0.2) is 11.9 Å². The largest absolute Gasteiger partial charge is 0.310 e. The average molecular weight is 309 g/mol. The predicted molar refractivity (Wildman–Crippen MR) is 70.4 cm³/mol.